The number of carbonyl (C=O) groups excluding carboxylic acids is 2. The minimum absolute atomic E-state index is 0. The quantitative estimate of drug-likeness (QED) is 0.0249. The minimum atomic E-state index is -0.250. The second-order valence-electron chi connectivity index (χ2n) is 14.1. The number of nitrogen functional groups attached to an aromatic ring is 1. The van der Waals surface area contributed by atoms with Gasteiger partial charge in [-0.15, -0.1) is 17.8 Å². The molecule has 0 heterocycles. The molecule has 8 rings (SSSR count). The molecule has 0 bridgehead atoms. The average molecular weight is 1180 g/mol. The van der Waals surface area contributed by atoms with Crippen LogP contribution in [0.3, 0.4) is 0 Å². The topological polar surface area (TPSA) is 147 Å². The predicted molar refractivity (Wildman–Crippen MR) is 346 cm³/mol. The third-order valence-corrected chi connectivity index (χ3v) is 11.3. The van der Waals surface area contributed by atoms with Gasteiger partial charge in [-0.05, 0) is 157 Å². The molecule has 0 aromatic heterocycles. The second kappa shape index (κ2) is 46.6. The zero-order valence-corrected chi connectivity index (χ0v) is 52.6. The van der Waals surface area contributed by atoms with Crippen molar-refractivity contribution in [2.75, 3.05) is 54.7 Å². The third-order valence-electron chi connectivity index (χ3n) is 9.53. The molecule has 1 radical (unpaired) electrons. The molecule has 411 valence electrons. The molecule has 16 heteroatoms. The molecular formula is C61H84N8O4P3Y-. The summed E-state index contributed by atoms with van der Waals surface area (Å²) in [4.78, 5) is 30.5. The van der Waals surface area contributed by atoms with Crippen LogP contribution in [0.2, 0.25) is 0 Å². The van der Waals surface area contributed by atoms with Gasteiger partial charge in [0.15, 0.2) is 0 Å². The average Bonchev–Trinajstić information content (AvgIpc) is 3.55. The summed E-state index contributed by atoms with van der Waals surface area (Å²) in [5.74, 6) is 0. The smallest absolute Gasteiger partial charge is 0.290 e. The molecule has 8 aromatic rings. The summed E-state index contributed by atoms with van der Waals surface area (Å²) in [7, 11) is 16.7. The van der Waals surface area contributed by atoms with Crippen molar-refractivity contribution in [3.63, 3.8) is 0 Å². The van der Waals surface area contributed by atoms with Gasteiger partial charge in [-0.3, -0.25) is 9.59 Å². The first-order valence-electron chi connectivity index (χ1n) is 26.9. The standard InChI is InChI=1S/C14H13N2O.C13H13N2OP.C13H15N2P.C12H13N2P.2C2H6.CH2O2.4CH4.Y/c1-16(11-17)14-9-7-13(8-10-14)15-12-5-3-2-4-6-12;16-10-14-11-6-8-13(9-7-11)15(17)12-4-2-1-3-5-12;1-14-11-7-9-13(10-8-11)15(16)12-5-3-2-4-6-12;13-10-6-8-12(9-7-10)14(15)11-4-2-1-3-5-11;2*1-2;2-1-3;;;;;/h2-10,15H,1H3;1-10H,17H2,(H,14,16);2-10,14H,16H2,1H3;1-9H,13,15H2;2*1-2H3;1H,(H,2,3);4*1H4;/q-1;;;;;;;;;;;/i;;;;;;;4*1T;. The van der Waals surface area contributed by atoms with Crippen molar-refractivity contribution in [2.45, 2.75) is 57.3 Å². The van der Waals surface area contributed by atoms with E-state index in [9.17, 15) is 9.59 Å². The van der Waals surface area contributed by atoms with E-state index in [2.05, 4.69) is 97.3 Å². The fraction of sp³-hybridized carbons (Fsp3) is 0.164. The van der Waals surface area contributed by atoms with Crippen molar-refractivity contribution in [3.8, 4) is 0 Å². The second-order valence-corrected chi connectivity index (χ2v) is 15.7. The van der Waals surface area contributed by atoms with Gasteiger partial charge in [0.1, 0.15) is 0 Å². The SMILES string of the molecule is CC.CC.CN([C-]=O)c1ccc(Nc2ccccc2)cc1.CNc1ccc(N(P)c2ccccc2)cc1.Nc1ccc(N(P)c2ccccc2)cc1.O=CNc1ccc(N(P)c2ccccc2)cc1.O=CO.[3H]C.[3H]C.[3H]C.[3H]C.[Y]. The molecule has 0 spiro atoms. The maximum absolute atomic E-state index is 10.5. The summed E-state index contributed by atoms with van der Waals surface area (Å²) in [6, 6.07) is 71.7. The number of carboxylic acid groups (broad SMARTS) is 1. The monoisotopic (exact) mass is 1180 g/mol. The number of nitrogens with zero attached hydrogens (tertiary/aromatic N) is 4. The number of anilines is 12. The van der Waals surface area contributed by atoms with Gasteiger partial charge in [0.05, 0.1) is 6.41 Å². The number of nitrogens with two attached hydrogens (primary N) is 1. The van der Waals surface area contributed by atoms with Crippen molar-refractivity contribution in [2.24, 2.45) is 0 Å². The van der Waals surface area contributed by atoms with Crippen LogP contribution in [0.25, 0.3) is 0 Å². The van der Waals surface area contributed by atoms with E-state index >= 15 is 0 Å². The van der Waals surface area contributed by atoms with Crippen molar-refractivity contribution in [3.05, 3.63) is 218 Å². The number of nitrogens with one attached hydrogen (secondary N) is 3. The van der Waals surface area contributed by atoms with Crippen molar-refractivity contribution >= 4 is 116 Å². The minimum Gasteiger partial charge on any atom is -0.483 e. The molecule has 12 nitrogen and oxygen atoms in total. The van der Waals surface area contributed by atoms with Gasteiger partial charge in [0.25, 0.3) is 6.47 Å². The maximum Gasteiger partial charge on any atom is 0.290 e. The Labute approximate surface area is 500 Å². The summed E-state index contributed by atoms with van der Waals surface area (Å²) in [6.07, 6.45) is 2.48. The van der Waals surface area contributed by atoms with Crippen LogP contribution in [0.15, 0.2) is 218 Å². The summed E-state index contributed by atoms with van der Waals surface area (Å²) in [5.41, 5.74) is 17.8. The molecule has 3 unspecified atom stereocenters. The number of rotatable bonds is 13. The van der Waals surface area contributed by atoms with Crippen LogP contribution >= 0.6 is 28.2 Å². The number of hydrogen-bond donors (Lipinski definition) is 5. The van der Waals surface area contributed by atoms with E-state index < -0.39 is 0 Å². The first-order chi connectivity index (χ1) is 39.1. The van der Waals surface area contributed by atoms with Crippen LogP contribution in [0.4, 0.5) is 68.2 Å². The van der Waals surface area contributed by atoms with Gasteiger partial charge in [0, 0.05) is 108 Å². The van der Waals surface area contributed by atoms with Gasteiger partial charge < -0.3 is 50.5 Å². The fourth-order valence-corrected chi connectivity index (χ4v) is 6.96. The van der Waals surface area contributed by atoms with Crippen LogP contribution < -0.4 is 40.6 Å². The molecule has 0 aliphatic carbocycles. The Morgan fingerprint density at radius 2 is 0.727 bits per heavy atom. The van der Waals surface area contributed by atoms with E-state index in [1.165, 1.54) is 34.5 Å². The van der Waals surface area contributed by atoms with Gasteiger partial charge in [0.2, 0.25) is 6.41 Å². The van der Waals surface area contributed by atoms with Crippen LogP contribution in [0.1, 0.15) is 62.8 Å². The molecule has 77 heavy (non-hydrogen) atoms. The van der Waals surface area contributed by atoms with Gasteiger partial charge in [-0.25, -0.2) is 0 Å². The zero-order chi connectivity index (χ0) is 60.9. The summed E-state index contributed by atoms with van der Waals surface area (Å²) in [6.45, 7) is 7.75. The summed E-state index contributed by atoms with van der Waals surface area (Å²) < 4.78 is 29.1. The van der Waals surface area contributed by atoms with Gasteiger partial charge >= 0.3 is 0 Å². The largest absolute Gasteiger partial charge is 0.483 e. The van der Waals surface area contributed by atoms with E-state index in [0.717, 1.165) is 68.2 Å². The van der Waals surface area contributed by atoms with Crippen molar-refractivity contribution < 1.29 is 57.7 Å². The number of amides is 2. The van der Waals surface area contributed by atoms with E-state index in [4.69, 9.17) is 21.1 Å². The third kappa shape index (κ3) is 28.9. The van der Waals surface area contributed by atoms with Gasteiger partial charge in [-0.2, -0.15) is 0 Å². The normalized spacial score (nSPS) is 8.95. The maximum atomic E-state index is 10.5. The Kier molecular flexibility index (Phi) is 41.4. The number of hydrogen-bond acceptors (Lipinski definition) is 9. The van der Waals surface area contributed by atoms with Crippen LogP contribution in [-0.4, -0.2) is 38.5 Å². The Morgan fingerprint density at radius 1 is 0.468 bits per heavy atom. The van der Waals surface area contributed by atoms with Crippen molar-refractivity contribution in [1.29, 1.82) is 0 Å². The number of para-hydroxylation sites is 4. The Bertz CT molecular complexity index is 2660. The molecule has 0 aliphatic heterocycles. The molecule has 2 amide bonds. The summed E-state index contributed by atoms with van der Waals surface area (Å²) in [5, 5.41) is 15.9. The van der Waals surface area contributed by atoms with Crippen LogP contribution in [0, 0.1) is 0 Å². The Balaban J connectivity index is -0.000000450. The van der Waals surface area contributed by atoms with Crippen LogP contribution in [0.5, 0.6) is 0 Å². The van der Waals surface area contributed by atoms with Crippen LogP contribution in [-0.2, 0) is 47.1 Å². The van der Waals surface area contributed by atoms with E-state index in [-0.39, 0.29) is 39.2 Å². The van der Waals surface area contributed by atoms with E-state index in [1.54, 1.807) is 7.05 Å². The molecule has 0 fully saturated rings. The molecule has 0 saturated carbocycles. The van der Waals surface area contributed by atoms with E-state index in [0.29, 0.717) is 6.41 Å². The zero-order valence-electron chi connectivity index (χ0n) is 50.3. The predicted octanol–water partition coefficient (Wildman–Crippen LogP) is 17.3. The molecule has 8 aromatic carbocycles. The molecule has 0 aliphatic rings. The molecular weight excluding hydrogens is 1090 g/mol. The first-order valence-corrected chi connectivity index (χ1v) is 24.5. The molecule has 0 saturated heterocycles. The molecule has 3 atom stereocenters. The fourth-order valence-electron chi connectivity index (χ4n) is 5.93. The molecule has 6 N–H and O–H groups in total. The van der Waals surface area contributed by atoms with Crippen molar-refractivity contribution in [1.82, 2.24) is 0 Å². The Morgan fingerprint density at radius 3 is 1.04 bits per heavy atom. The first kappa shape index (κ1) is 68.4. The van der Waals surface area contributed by atoms with E-state index in [1.807, 2.05) is 220 Å². The summed E-state index contributed by atoms with van der Waals surface area (Å²) >= 11 is 0. The number of carbonyl (C=O) groups is 2. The Hall–Kier alpha value is -6.64. The number of benzene rings is 8. The van der Waals surface area contributed by atoms with Gasteiger partial charge in [-0.1, -0.05) is 142 Å².